The molecule has 1 N–H and O–H groups in total. The van der Waals surface area contributed by atoms with Gasteiger partial charge in [-0.3, -0.25) is 9.29 Å². The van der Waals surface area contributed by atoms with Crippen molar-refractivity contribution in [3.8, 4) is 34.6 Å². The summed E-state index contributed by atoms with van der Waals surface area (Å²) in [4.78, 5) is 12.7. The van der Waals surface area contributed by atoms with Crippen LogP contribution in [0.15, 0.2) is 58.2 Å². The third kappa shape index (κ3) is 7.08. The third-order valence-electron chi connectivity index (χ3n) is 5.81. The van der Waals surface area contributed by atoms with Gasteiger partial charge in [0.05, 0.1) is 20.8 Å². The van der Waals surface area contributed by atoms with Crippen LogP contribution in [0, 0.1) is 0 Å². The smallest absolute Gasteiger partial charge is 0.243 e. The molecule has 0 aliphatic carbocycles. The largest absolute Gasteiger partial charge is 0.494 e. The molecule has 41 heavy (non-hydrogen) atoms. The Morgan fingerprint density at radius 1 is 1.10 bits per heavy atom. The van der Waals surface area contributed by atoms with Gasteiger partial charge in [0.15, 0.2) is 11.7 Å². The summed E-state index contributed by atoms with van der Waals surface area (Å²) in [7, 11) is 0.158. The molecule has 0 fully saturated rings. The second-order valence-corrected chi connectivity index (χ2v) is 10.9. The predicted octanol–water partition coefficient (Wildman–Crippen LogP) is 3.91. The number of methoxy groups -OCH3 is 3. The van der Waals surface area contributed by atoms with Crippen LogP contribution in [-0.4, -0.2) is 80.0 Å². The lowest BCUT2D eigenvalue weighted by molar-refractivity contribution is 0.154. The highest BCUT2D eigenvalue weighted by Gasteiger charge is 2.35. The number of ether oxygens (including phenoxy) is 4. The number of hydrogen-bond acceptors (Lipinski definition) is 10. The molecule has 0 amide bonds. The first kappa shape index (κ1) is 31.2. The molecule has 0 aliphatic rings. The maximum absolute atomic E-state index is 13.7. The van der Waals surface area contributed by atoms with Crippen LogP contribution in [0.25, 0.3) is 17.2 Å². The fourth-order valence-electron chi connectivity index (χ4n) is 3.84. The number of pyridine rings is 1. The van der Waals surface area contributed by atoms with Crippen LogP contribution in [0.3, 0.4) is 0 Å². The maximum atomic E-state index is 13.7. The number of rotatable bonds is 13. The zero-order valence-electron chi connectivity index (χ0n) is 24.2. The van der Waals surface area contributed by atoms with Crippen molar-refractivity contribution in [2.75, 3.05) is 32.7 Å². The normalized spacial score (nSPS) is 13.2. The molecule has 0 unspecified atom stereocenters. The van der Waals surface area contributed by atoms with Crippen LogP contribution in [-0.2, 0) is 14.8 Å². The number of allylic oxidation sites excluding steroid dienone is 1. The Labute approximate surface area is 240 Å². The Balaban J connectivity index is 2.20. The highest BCUT2D eigenvalue weighted by molar-refractivity contribution is 7.93. The lowest BCUT2D eigenvalue weighted by atomic mass is 10.2. The Kier molecular flexibility index (Phi) is 10.6. The van der Waals surface area contributed by atoms with Gasteiger partial charge >= 0.3 is 0 Å². The third-order valence-corrected chi connectivity index (χ3v) is 7.50. The first-order chi connectivity index (χ1) is 19.6. The molecule has 2 atom stereocenters. The number of anilines is 1. The predicted molar refractivity (Wildman–Crippen MR) is 158 cm³/mol. The SMILES string of the molecule is C=N/C(=N\C=C(C)C)[C@@H](OC)[C@H](C)S(=O)(=O)Nc1nnc(-c2cccc(OCC)n2)n1-c1c(OC)cccc1OC. The molecule has 0 aliphatic heterocycles. The molecular formula is C27H35N7O6S. The highest BCUT2D eigenvalue weighted by Crippen LogP contribution is 2.37. The molecule has 0 saturated heterocycles. The molecule has 13 nitrogen and oxygen atoms in total. The number of benzene rings is 1. The van der Waals surface area contributed by atoms with E-state index in [0.29, 0.717) is 35.4 Å². The number of nitrogens with zero attached hydrogens (tertiary/aromatic N) is 6. The molecule has 0 radical (unpaired) electrons. The molecule has 14 heteroatoms. The summed E-state index contributed by atoms with van der Waals surface area (Å²) in [5, 5.41) is 7.30. The van der Waals surface area contributed by atoms with Gasteiger partial charge < -0.3 is 18.9 Å². The molecular weight excluding hydrogens is 550 g/mol. The minimum absolute atomic E-state index is 0.108. The van der Waals surface area contributed by atoms with Crippen LogP contribution in [0.4, 0.5) is 5.95 Å². The Morgan fingerprint density at radius 2 is 1.76 bits per heavy atom. The molecule has 0 bridgehead atoms. The number of sulfonamides is 1. The van der Waals surface area contributed by atoms with Crippen molar-refractivity contribution in [2.24, 2.45) is 9.98 Å². The van der Waals surface area contributed by atoms with E-state index in [2.05, 4.69) is 36.6 Å². The molecule has 3 aromatic rings. The van der Waals surface area contributed by atoms with Crippen molar-refractivity contribution >= 4 is 28.5 Å². The molecule has 0 spiro atoms. The van der Waals surface area contributed by atoms with E-state index in [-0.39, 0.29) is 17.6 Å². The second kappa shape index (κ2) is 13.9. The molecule has 3 rings (SSSR count). The molecule has 220 valence electrons. The van der Waals surface area contributed by atoms with Crippen molar-refractivity contribution in [1.29, 1.82) is 0 Å². The number of para-hydroxylation sites is 1. The van der Waals surface area contributed by atoms with E-state index >= 15 is 0 Å². The average molecular weight is 586 g/mol. The summed E-state index contributed by atoms with van der Waals surface area (Å²) < 4.78 is 53.8. The highest BCUT2D eigenvalue weighted by atomic mass is 32.2. The van der Waals surface area contributed by atoms with E-state index in [1.165, 1.54) is 32.8 Å². The van der Waals surface area contributed by atoms with Crippen LogP contribution in [0.5, 0.6) is 17.4 Å². The van der Waals surface area contributed by atoms with Crippen molar-refractivity contribution in [1.82, 2.24) is 19.7 Å². The summed E-state index contributed by atoms with van der Waals surface area (Å²) in [5.74, 6) is 1.30. The first-order valence-corrected chi connectivity index (χ1v) is 14.2. The molecule has 0 saturated carbocycles. The maximum Gasteiger partial charge on any atom is 0.243 e. The Bertz CT molecular complexity index is 1510. The summed E-state index contributed by atoms with van der Waals surface area (Å²) >= 11 is 0. The van der Waals surface area contributed by atoms with E-state index in [9.17, 15) is 8.42 Å². The average Bonchev–Trinajstić information content (AvgIpc) is 3.36. The summed E-state index contributed by atoms with van der Waals surface area (Å²) in [6.45, 7) is 11.0. The van der Waals surface area contributed by atoms with Crippen molar-refractivity contribution < 1.29 is 27.4 Å². The van der Waals surface area contributed by atoms with E-state index in [0.717, 1.165) is 5.57 Å². The van der Waals surface area contributed by atoms with Gasteiger partial charge in [-0.25, -0.2) is 23.4 Å². The summed E-state index contributed by atoms with van der Waals surface area (Å²) in [6.07, 6.45) is 0.519. The van der Waals surface area contributed by atoms with E-state index in [4.69, 9.17) is 18.9 Å². The zero-order chi connectivity index (χ0) is 30.2. The van der Waals surface area contributed by atoms with Gasteiger partial charge in [0, 0.05) is 19.4 Å². The van der Waals surface area contributed by atoms with Crippen molar-refractivity contribution in [3.05, 3.63) is 48.2 Å². The number of amidine groups is 1. The second-order valence-electron chi connectivity index (χ2n) is 8.85. The fourth-order valence-corrected chi connectivity index (χ4v) is 4.97. The molecule has 1 aromatic carbocycles. The van der Waals surface area contributed by atoms with Crippen LogP contribution >= 0.6 is 0 Å². The summed E-state index contributed by atoms with van der Waals surface area (Å²) in [6, 6.07) is 10.3. The number of aliphatic imine (C=N–C) groups is 2. The lowest BCUT2D eigenvalue weighted by Crippen LogP contribution is -2.41. The Morgan fingerprint density at radius 3 is 2.32 bits per heavy atom. The van der Waals surface area contributed by atoms with Crippen LogP contribution in [0.2, 0.25) is 0 Å². The number of aromatic nitrogens is 4. The van der Waals surface area contributed by atoms with Gasteiger partial charge in [-0.15, -0.1) is 10.2 Å². The van der Waals surface area contributed by atoms with Gasteiger partial charge in [-0.2, -0.15) is 0 Å². The Hall–Kier alpha value is -4.30. The molecule has 2 aromatic heterocycles. The van der Waals surface area contributed by atoms with Gasteiger partial charge in [0.1, 0.15) is 34.2 Å². The first-order valence-electron chi connectivity index (χ1n) is 12.6. The van der Waals surface area contributed by atoms with Crippen LogP contribution in [0.1, 0.15) is 27.7 Å². The standard InChI is InChI=1S/C27H35N7O6S/c1-9-40-22-15-10-12-19(30-22)26-31-32-27(34(26)23-20(37-6)13-11-14-21(23)38-7)33-41(35,36)18(4)24(39-8)25(28-5)29-16-17(2)3/h10-16,18,24H,5,9H2,1-4,6-8H3,(H,32,33)/b29-25-/t18-,24-/m0/s1. The van der Waals surface area contributed by atoms with Gasteiger partial charge in [-0.05, 0) is 52.6 Å². The van der Waals surface area contributed by atoms with Crippen molar-refractivity contribution in [2.45, 2.75) is 39.0 Å². The van der Waals surface area contributed by atoms with Gasteiger partial charge in [0.25, 0.3) is 0 Å². The summed E-state index contributed by atoms with van der Waals surface area (Å²) in [5.41, 5.74) is 1.62. The lowest BCUT2D eigenvalue weighted by Gasteiger charge is -2.23. The fraction of sp³-hybridized carbons (Fsp3) is 0.370. The van der Waals surface area contributed by atoms with Crippen molar-refractivity contribution in [3.63, 3.8) is 0 Å². The quantitative estimate of drug-likeness (QED) is 0.232. The number of hydrogen-bond donors (Lipinski definition) is 1. The topological polar surface area (TPSA) is 151 Å². The monoisotopic (exact) mass is 585 g/mol. The number of nitrogens with one attached hydrogen (secondary N) is 1. The zero-order valence-corrected chi connectivity index (χ0v) is 25.0. The minimum Gasteiger partial charge on any atom is -0.494 e. The molecule has 2 heterocycles. The van der Waals surface area contributed by atoms with E-state index in [1.807, 2.05) is 20.8 Å². The van der Waals surface area contributed by atoms with Gasteiger partial charge in [0.2, 0.25) is 21.9 Å². The van der Waals surface area contributed by atoms with Gasteiger partial charge in [-0.1, -0.05) is 17.7 Å². The van der Waals surface area contributed by atoms with E-state index < -0.39 is 21.4 Å². The van der Waals surface area contributed by atoms with E-state index in [1.54, 1.807) is 42.6 Å². The minimum atomic E-state index is -4.19. The van der Waals surface area contributed by atoms with Crippen LogP contribution < -0.4 is 18.9 Å².